The summed E-state index contributed by atoms with van der Waals surface area (Å²) in [6, 6.07) is 0.544. The third-order valence-corrected chi connectivity index (χ3v) is 5.70. The lowest BCUT2D eigenvalue weighted by atomic mass is 9.54. The molecule has 2 saturated carbocycles. The molecule has 2 N–H and O–H groups in total. The number of rotatable bonds is 6. The number of nitrogens with one attached hydrogen (secondary N) is 2. The highest BCUT2D eigenvalue weighted by Gasteiger charge is 2.65. The van der Waals surface area contributed by atoms with E-state index in [1.54, 1.807) is 7.11 Å². The third-order valence-electron chi connectivity index (χ3n) is 5.70. The normalized spacial score (nSPS) is 32.8. The number of aliphatic imine (C=N–C) groups is 1. The van der Waals surface area contributed by atoms with Gasteiger partial charge in [0.25, 0.3) is 0 Å². The summed E-state index contributed by atoms with van der Waals surface area (Å²) < 4.78 is 11.2. The summed E-state index contributed by atoms with van der Waals surface area (Å²) in [5.74, 6) is 1.65. The number of fused-ring (bicyclic) bond motifs is 2. The quantitative estimate of drug-likeness (QED) is 0.447. The minimum atomic E-state index is 0.379. The van der Waals surface area contributed by atoms with Crippen LogP contribution in [0.5, 0.6) is 0 Å². The van der Waals surface area contributed by atoms with Gasteiger partial charge in [-0.2, -0.15) is 0 Å². The van der Waals surface area contributed by atoms with Gasteiger partial charge in [0.1, 0.15) is 0 Å². The van der Waals surface area contributed by atoms with Gasteiger partial charge in [-0.05, 0) is 32.6 Å². The van der Waals surface area contributed by atoms with Crippen LogP contribution in [-0.2, 0) is 9.47 Å². The van der Waals surface area contributed by atoms with Crippen LogP contribution in [0.3, 0.4) is 0 Å². The van der Waals surface area contributed by atoms with Gasteiger partial charge in [-0.25, -0.2) is 0 Å². The van der Waals surface area contributed by atoms with Crippen molar-refractivity contribution in [2.45, 2.75) is 57.6 Å². The Morgan fingerprint density at radius 3 is 2.91 bits per heavy atom. The van der Waals surface area contributed by atoms with E-state index in [0.717, 1.165) is 38.7 Å². The molecule has 3 atom stereocenters. The van der Waals surface area contributed by atoms with E-state index >= 15 is 0 Å². The van der Waals surface area contributed by atoms with Crippen molar-refractivity contribution in [2.75, 3.05) is 33.4 Å². The average Bonchev–Trinajstić information content (AvgIpc) is 3.16. The minimum Gasteiger partial charge on any atom is -0.385 e. The van der Waals surface area contributed by atoms with Gasteiger partial charge in [0.2, 0.25) is 0 Å². The second kappa shape index (κ2) is 7.18. The lowest BCUT2D eigenvalue weighted by Gasteiger charge is -2.57. The predicted molar refractivity (Wildman–Crippen MR) is 88.1 cm³/mol. The molecule has 1 spiro atoms. The zero-order valence-electron chi connectivity index (χ0n) is 14.1. The van der Waals surface area contributed by atoms with Crippen molar-refractivity contribution in [1.29, 1.82) is 0 Å². The van der Waals surface area contributed by atoms with Crippen molar-refractivity contribution in [1.82, 2.24) is 10.6 Å². The van der Waals surface area contributed by atoms with E-state index in [4.69, 9.17) is 14.5 Å². The van der Waals surface area contributed by atoms with Gasteiger partial charge in [-0.3, -0.25) is 4.99 Å². The molecule has 0 aromatic carbocycles. The molecule has 0 bridgehead atoms. The Bertz CT molecular complexity index is 393. The number of hydrogen-bond donors (Lipinski definition) is 2. The molecule has 1 heterocycles. The molecule has 3 unspecified atom stereocenters. The summed E-state index contributed by atoms with van der Waals surface area (Å²) in [5, 5.41) is 7.16. The fourth-order valence-corrected chi connectivity index (χ4v) is 4.77. The average molecular weight is 309 g/mol. The van der Waals surface area contributed by atoms with E-state index < -0.39 is 0 Å². The molecular weight excluding hydrogens is 278 g/mol. The van der Waals surface area contributed by atoms with Crippen molar-refractivity contribution in [3.8, 4) is 0 Å². The van der Waals surface area contributed by atoms with Gasteiger partial charge in [-0.1, -0.05) is 12.8 Å². The first-order valence-electron chi connectivity index (χ1n) is 8.97. The van der Waals surface area contributed by atoms with Crippen LogP contribution in [0.25, 0.3) is 0 Å². The van der Waals surface area contributed by atoms with Crippen molar-refractivity contribution >= 4 is 5.96 Å². The van der Waals surface area contributed by atoms with Gasteiger partial charge >= 0.3 is 0 Å². The van der Waals surface area contributed by atoms with Crippen molar-refractivity contribution in [3.05, 3.63) is 0 Å². The van der Waals surface area contributed by atoms with E-state index in [1.165, 1.54) is 32.1 Å². The highest BCUT2D eigenvalue weighted by atomic mass is 16.5. The fourth-order valence-electron chi connectivity index (χ4n) is 4.77. The van der Waals surface area contributed by atoms with Gasteiger partial charge in [0, 0.05) is 50.8 Å². The first kappa shape index (κ1) is 16.1. The zero-order chi connectivity index (χ0) is 15.4. The second-order valence-corrected chi connectivity index (χ2v) is 6.91. The number of nitrogens with zero attached hydrogens (tertiary/aromatic N) is 1. The molecule has 1 aliphatic heterocycles. The maximum Gasteiger partial charge on any atom is 0.191 e. The van der Waals surface area contributed by atoms with Gasteiger partial charge in [0.15, 0.2) is 5.96 Å². The topological polar surface area (TPSA) is 54.9 Å². The van der Waals surface area contributed by atoms with Crippen molar-refractivity contribution in [3.63, 3.8) is 0 Å². The molecular formula is C17H31N3O2. The molecule has 5 nitrogen and oxygen atoms in total. The summed E-state index contributed by atoms with van der Waals surface area (Å²) in [4.78, 5) is 4.72. The molecule has 126 valence electrons. The van der Waals surface area contributed by atoms with Crippen LogP contribution in [0.15, 0.2) is 4.99 Å². The van der Waals surface area contributed by atoms with Crippen LogP contribution in [0, 0.1) is 11.3 Å². The van der Waals surface area contributed by atoms with Crippen LogP contribution >= 0.6 is 0 Å². The van der Waals surface area contributed by atoms with Crippen LogP contribution < -0.4 is 10.6 Å². The first-order chi connectivity index (χ1) is 10.8. The molecule has 0 amide bonds. The lowest BCUT2D eigenvalue weighted by Crippen LogP contribution is -2.69. The standard InChI is InChI=1S/C17H31N3O2/c1-3-18-16(19-10-6-11-21-2)20-14-13-7-12-22-15(13)17(14)8-4-5-9-17/h13-15H,3-12H2,1-2H3,(H2,18,19,20). The number of hydrogen-bond acceptors (Lipinski definition) is 3. The molecule has 0 aromatic rings. The molecule has 3 rings (SSSR count). The van der Waals surface area contributed by atoms with Gasteiger partial charge in [0.05, 0.1) is 6.10 Å². The van der Waals surface area contributed by atoms with Crippen LogP contribution in [0.4, 0.5) is 0 Å². The minimum absolute atomic E-state index is 0.379. The maximum atomic E-state index is 6.06. The van der Waals surface area contributed by atoms with Crippen LogP contribution in [0.2, 0.25) is 0 Å². The van der Waals surface area contributed by atoms with E-state index in [9.17, 15) is 0 Å². The summed E-state index contributed by atoms with van der Waals surface area (Å²) >= 11 is 0. The molecule has 0 radical (unpaired) electrons. The second-order valence-electron chi connectivity index (χ2n) is 6.91. The van der Waals surface area contributed by atoms with Gasteiger partial charge < -0.3 is 20.1 Å². The van der Waals surface area contributed by atoms with E-state index in [2.05, 4.69) is 17.6 Å². The van der Waals surface area contributed by atoms with E-state index in [0.29, 0.717) is 23.5 Å². The monoisotopic (exact) mass is 309 g/mol. The predicted octanol–water partition coefficient (Wildman–Crippen LogP) is 1.93. The zero-order valence-corrected chi connectivity index (χ0v) is 14.1. The summed E-state index contributed by atoms with van der Waals surface area (Å²) in [5.41, 5.74) is 0.379. The summed E-state index contributed by atoms with van der Waals surface area (Å²) in [6.07, 6.45) is 8.01. The molecule has 0 aromatic heterocycles. The van der Waals surface area contributed by atoms with Crippen LogP contribution in [-0.4, -0.2) is 51.5 Å². The Hall–Kier alpha value is -0.810. The largest absolute Gasteiger partial charge is 0.385 e. The SMILES string of the molecule is CCNC(=NCCCOC)NC1C2CCOC2C12CCCC2. The summed E-state index contributed by atoms with van der Waals surface area (Å²) in [7, 11) is 1.74. The highest BCUT2D eigenvalue weighted by molar-refractivity contribution is 5.80. The fraction of sp³-hybridized carbons (Fsp3) is 0.941. The molecule has 5 heteroatoms. The molecule has 22 heavy (non-hydrogen) atoms. The van der Waals surface area contributed by atoms with Crippen LogP contribution in [0.1, 0.15) is 45.4 Å². The van der Waals surface area contributed by atoms with E-state index in [1.807, 2.05) is 0 Å². The number of ether oxygens (including phenoxy) is 2. The van der Waals surface area contributed by atoms with E-state index in [-0.39, 0.29) is 0 Å². The molecule has 3 fully saturated rings. The Balaban J connectivity index is 1.63. The Labute approximate surface area is 134 Å². The van der Waals surface area contributed by atoms with Crippen molar-refractivity contribution in [2.24, 2.45) is 16.3 Å². The smallest absolute Gasteiger partial charge is 0.191 e. The number of methoxy groups -OCH3 is 1. The highest BCUT2D eigenvalue weighted by Crippen LogP contribution is 2.60. The van der Waals surface area contributed by atoms with Crippen molar-refractivity contribution < 1.29 is 9.47 Å². The molecule has 2 aliphatic carbocycles. The van der Waals surface area contributed by atoms with Gasteiger partial charge in [-0.15, -0.1) is 0 Å². The molecule has 1 saturated heterocycles. The maximum absolute atomic E-state index is 6.06. The Kier molecular flexibility index (Phi) is 5.24. The first-order valence-corrected chi connectivity index (χ1v) is 8.97. The lowest BCUT2D eigenvalue weighted by molar-refractivity contribution is -0.125. The Morgan fingerprint density at radius 2 is 2.18 bits per heavy atom. The Morgan fingerprint density at radius 1 is 1.36 bits per heavy atom. The number of guanidine groups is 1. The summed E-state index contributed by atoms with van der Waals surface area (Å²) in [6.45, 7) is 5.56. The molecule has 3 aliphatic rings. The third kappa shape index (κ3) is 2.85.